The van der Waals surface area contributed by atoms with Gasteiger partial charge in [0.2, 0.25) is 5.95 Å². The van der Waals surface area contributed by atoms with Crippen LogP contribution in [0.25, 0.3) is 11.1 Å². The van der Waals surface area contributed by atoms with E-state index in [1.165, 1.54) is 12.8 Å². The van der Waals surface area contributed by atoms with E-state index in [1.807, 2.05) is 24.5 Å². The lowest BCUT2D eigenvalue weighted by atomic mass is 10.1. The minimum atomic E-state index is 0.556. The van der Waals surface area contributed by atoms with Crippen molar-refractivity contribution in [1.29, 1.82) is 0 Å². The van der Waals surface area contributed by atoms with Crippen molar-refractivity contribution in [3.63, 3.8) is 0 Å². The lowest BCUT2D eigenvalue weighted by molar-refractivity contribution is 0.899. The SMILES string of the molecule is NCc1cccc(-c2cnc(N3CCCC3)nc2)c1. The van der Waals surface area contributed by atoms with Gasteiger partial charge in [-0.1, -0.05) is 18.2 Å². The van der Waals surface area contributed by atoms with Gasteiger partial charge in [-0.05, 0) is 30.0 Å². The van der Waals surface area contributed by atoms with Gasteiger partial charge in [-0.2, -0.15) is 0 Å². The normalized spacial score (nSPS) is 14.9. The molecule has 1 aliphatic heterocycles. The summed E-state index contributed by atoms with van der Waals surface area (Å²) in [7, 11) is 0. The summed E-state index contributed by atoms with van der Waals surface area (Å²) >= 11 is 0. The fourth-order valence-corrected chi connectivity index (χ4v) is 2.43. The molecule has 2 aromatic rings. The third kappa shape index (κ3) is 2.58. The van der Waals surface area contributed by atoms with Crippen molar-refractivity contribution in [2.75, 3.05) is 18.0 Å². The number of nitrogens with zero attached hydrogens (tertiary/aromatic N) is 3. The molecule has 1 aliphatic rings. The van der Waals surface area contributed by atoms with Crippen LogP contribution in [0.2, 0.25) is 0 Å². The first kappa shape index (κ1) is 12.1. The molecule has 0 radical (unpaired) electrons. The summed E-state index contributed by atoms with van der Waals surface area (Å²) in [4.78, 5) is 11.2. The predicted octanol–water partition coefficient (Wildman–Crippen LogP) is 2.20. The van der Waals surface area contributed by atoms with Gasteiger partial charge < -0.3 is 10.6 Å². The van der Waals surface area contributed by atoms with Crippen LogP contribution in [0.4, 0.5) is 5.95 Å². The molecule has 4 heteroatoms. The van der Waals surface area contributed by atoms with Crippen LogP contribution < -0.4 is 10.6 Å². The molecule has 0 aliphatic carbocycles. The van der Waals surface area contributed by atoms with E-state index >= 15 is 0 Å². The number of aromatic nitrogens is 2. The second kappa shape index (κ2) is 5.36. The van der Waals surface area contributed by atoms with Gasteiger partial charge in [0.1, 0.15) is 0 Å². The van der Waals surface area contributed by atoms with E-state index in [1.54, 1.807) is 0 Å². The smallest absolute Gasteiger partial charge is 0.225 e. The molecule has 0 unspecified atom stereocenters. The van der Waals surface area contributed by atoms with Gasteiger partial charge >= 0.3 is 0 Å². The monoisotopic (exact) mass is 254 g/mol. The fourth-order valence-electron chi connectivity index (χ4n) is 2.43. The highest BCUT2D eigenvalue weighted by molar-refractivity contribution is 5.62. The highest BCUT2D eigenvalue weighted by Gasteiger charge is 2.14. The molecule has 0 saturated carbocycles. The molecule has 2 N–H and O–H groups in total. The second-order valence-corrected chi connectivity index (χ2v) is 4.87. The van der Waals surface area contributed by atoms with Gasteiger partial charge in [0.15, 0.2) is 0 Å². The number of benzene rings is 1. The maximum atomic E-state index is 5.67. The lowest BCUT2D eigenvalue weighted by Crippen LogP contribution is -2.20. The molecule has 98 valence electrons. The van der Waals surface area contributed by atoms with Gasteiger partial charge in [0.05, 0.1) is 0 Å². The van der Waals surface area contributed by atoms with E-state index in [0.29, 0.717) is 6.54 Å². The zero-order chi connectivity index (χ0) is 13.1. The summed E-state index contributed by atoms with van der Waals surface area (Å²) in [5.41, 5.74) is 8.95. The Labute approximate surface area is 113 Å². The van der Waals surface area contributed by atoms with Crippen LogP contribution in [0.1, 0.15) is 18.4 Å². The average Bonchev–Trinajstić information content (AvgIpc) is 3.02. The maximum absolute atomic E-state index is 5.67. The van der Waals surface area contributed by atoms with Crippen molar-refractivity contribution in [1.82, 2.24) is 9.97 Å². The van der Waals surface area contributed by atoms with Crippen molar-refractivity contribution in [2.24, 2.45) is 5.73 Å². The summed E-state index contributed by atoms with van der Waals surface area (Å²) in [6.07, 6.45) is 6.28. The Morgan fingerprint density at radius 1 is 1.05 bits per heavy atom. The first-order valence-corrected chi connectivity index (χ1v) is 6.73. The lowest BCUT2D eigenvalue weighted by Gasteiger charge is -2.14. The van der Waals surface area contributed by atoms with Gasteiger partial charge in [-0.15, -0.1) is 0 Å². The molecule has 1 aromatic heterocycles. The number of rotatable bonds is 3. The molecular formula is C15H18N4. The molecule has 3 rings (SSSR count). The number of hydrogen-bond donors (Lipinski definition) is 1. The Hall–Kier alpha value is -1.94. The number of nitrogens with two attached hydrogens (primary N) is 1. The maximum Gasteiger partial charge on any atom is 0.225 e. The average molecular weight is 254 g/mol. The Balaban J connectivity index is 1.84. The third-order valence-electron chi connectivity index (χ3n) is 3.52. The minimum Gasteiger partial charge on any atom is -0.341 e. The van der Waals surface area contributed by atoms with Crippen molar-refractivity contribution in [2.45, 2.75) is 19.4 Å². The van der Waals surface area contributed by atoms with Crippen LogP contribution in [0, 0.1) is 0 Å². The van der Waals surface area contributed by atoms with Crippen molar-refractivity contribution in [3.05, 3.63) is 42.2 Å². The van der Waals surface area contributed by atoms with Gasteiger partial charge in [0, 0.05) is 37.6 Å². The molecule has 2 heterocycles. The van der Waals surface area contributed by atoms with Gasteiger partial charge in [-0.3, -0.25) is 0 Å². The molecule has 1 fully saturated rings. The number of anilines is 1. The number of hydrogen-bond acceptors (Lipinski definition) is 4. The Morgan fingerprint density at radius 2 is 1.79 bits per heavy atom. The standard InChI is InChI=1S/C15H18N4/c16-9-12-4-3-5-13(8-12)14-10-17-15(18-11-14)19-6-1-2-7-19/h3-5,8,10-11H,1-2,6-7,9,16H2. The Kier molecular flexibility index (Phi) is 3.42. The molecule has 0 bridgehead atoms. The van der Waals surface area contributed by atoms with Gasteiger partial charge in [0.25, 0.3) is 0 Å². The quantitative estimate of drug-likeness (QED) is 0.912. The van der Waals surface area contributed by atoms with Crippen LogP contribution >= 0.6 is 0 Å². The van der Waals surface area contributed by atoms with E-state index in [4.69, 9.17) is 5.73 Å². The largest absolute Gasteiger partial charge is 0.341 e. The van der Waals surface area contributed by atoms with E-state index in [0.717, 1.165) is 35.7 Å². The highest BCUT2D eigenvalue weighted by atomic mass is 15.3. The molecule has 19 heavy (non-hydrogen) atoms. The first-order valence-electron chi connectivity index (χ1n) is 6.73. The summed E-state index contributed by atoms with van der Waals surface area (Å²) < 4.78 is 0. The van der Waals surface area contributed by atoms with Crippen molar-refractivity contribution >= 4 is 5.95 Å². The zero-order valence-corrected chi connectivity index (χ0v) is 10.9. The summed E-state index contributed by atoms with van der Waals surface area (Å²) in [6.45, 7) is 2.70. The third-order valence-corrected chi connectivity index (χ3v) is 3.52. The second-order valence-electron chi connectivity index (χ2n) is 4.87. The molecule has 1 aromatic carbocycles. The van der Waals surface area contributed by atoms with Gasteiger partial charge in [-0.25, -0.2) is 9.97 Å². The summed E-state index contributed by atoms with van der Waals surface area (Å²) in [5, 5.41) is 0. The van der Waals surface area contributed by atoms with Crippen LogP contribution in [-0.2, 0) is 6.54 Å². The zero-order valence-electron chi connectivity index (χ0n) is 10.9. The van der Waals surface area contributed by atoms with Crippen molar-refractivity contribution in [3.8, 4) is 11.1 Å². The van der Waals surface area contributed by atoms with Crippen LogP contribution in [0.15, 0.2) is 36.7 Å². The van der Waals surface area contributed by atoms with Crippen LogP contribution in [0.3, 0.4) is 0 Å². The minimum absolute atomic E-state index is 0.556. The fraction of sp³-hybridized carbons (Fsp3) is 0.333. The topological polar surface area (TPSA) is 55.0 Å². The van der Waals surface area contributed by atoms with Crippen LogP contribution in [0.5, 0.6) is 0 Å². The van der Waals surface area contributed by atoms with E-state index < -0.39 is 0 Å². The van der Waals surface area contributed by atoms with E-state index in [-0.39, 0.29) is 0 Å². The highest BCUT2D eigenvalue weighted by Crippen LogP contribution is 2.21. The summed E-state index contributed by atoms with van der Waals surface area (Å²) in [5.74, 6) is 0.844. The molecule has 0 atom stereocenters. The molecule has 0 amide bonds. The summed E-state index contributed by atoms with van der Waals surface area (Å²) in [6, 6.07) is 8.20. The first-order chi connectivity index (χ1) is 9.36. The molecule has 4 nitrogen and oxygen atoms in total. The van der Waals surface area contributed by atoms with E-state index in [9.17, 15) is 0 Å². The van der Waals surface area contributed by atoms with Crippen LogP contribution in [-0.4, -0.2) is 23.1 Å². The predicted molar refractivity (Wildman–Crippen MR) is 76.8 cm³/mol. The van der Waals surface area contributed by atoms with Crippen molar-refractivity contribution < 1.29 is 0 Å². The molecule has 1 saturated heterocycles. The molecular weight excluding hydrogens is 236 g/mol. The Morgan fingerprint density at radius 3 is 2.47 bits per heavy atom. The van der Waals surface area contributed by atoms with E-state index in [2.05, 4.69) is 27.0 Å². The molecule has 0 spiro atoms. The Bertz CT molecular complexity index is 544.